The van der Waals surface area contributed by atoms with Crippen LogP contribution in [0.4, 0.5) is 0 Å². The molecule has 0 aliphatic rings. The Morgan fingerprint density at radius 3 is 1.40 bits per heavy atom. The van der Waals surface area contributed by atoms with E-state index in [9.17, 15) is 0 Å². The fourth-order valence-electron chi connectivity index (χ4n) is 0.354. The molecule has 2 N–H and O–H groups in total. The number of hydrogen-bond acceptors (Lipinski definition) is 2. The average Bonchev–Trinajstić information content (AvgIpc) is 1.63. The zero-order valence-corrected chi connectivity index (χ0v) is 8.93. The second-order valence-electron chi connectivity index (χ2n) is 1.80. The van der Waals surface area contributed by atoms with Crippen molar-refractivity contribution in [3.05, 3.63) is 0 Å². The topological polar surface area (TPSA) is 74.6 Å². The fourth-order valence-corrected chi connectivity index (χ4v) is 1.06. The molecule has 64 valence electrons. The van der Waals surface area contributed by atoms with Crippen molar-refractivity contribution in [3.8, 4) is 0 Å². The van der Waals surface area contributed by atoms with Crippen LogP contribution in [0.25, 0.3) is 0 Å². The minimum atomic E-state index is -5.25. The van der Waals surface area contributed by atoms with Crippen molar-refractivity contribution in [2.75, 3.05) is 0 Å². The van der Waals surface area contributed by atoms with Gasteiger partial charge in [-0.15, -0.1) is 0 Å². The zero-order valence-electron chi connectivity index (χ0n) is 6.24. The van der Waals surface area contributed by atoms with Gasteiger partial charge in [-0.05, 0) is 0 Å². The summed E-state index contributed by atoms with van der Waals surface area (Å²) in [6, 6.07) is 2.97. The van der Waals surface area contributed by atoms with Crippen molar-refractivity contribution in [2.45, 2.75) is 25.9 Å². The molecule has 0 heterocycles. The van der Waals surface area contributed by atoms with E-state index in [4.69, 9.17) is 15.9 Å². The maximum atomic E-state index is 8.82. The summed E-state index contributed by atoms with van der Waals surface area (Å²) in [5.74, 6) is 0. The minimum absolute atomic E-state index is 0.432. The Labute approximate surface area is 65.5 Å². The van der Waals surface area contributed by atoms with Crippen molar-refractivity contribution in [2.24, 2.45) is 0 Å². The van der Waals surface area contributed by atoms with Crippen LogP contribution in [-0.4, -0.2) is 17.8 Å². The Bertz CT molecular complexity index is 131. The summed E-state index contributed by atoms with van der Waals surface area (Å²) in [6.45, 7) is 4.55. The summed E-state index contributed by atoms with van der Waals surface area (Å²) in [5, 5.41) is 0. The predicted molar refractivity (Wildman–Crippen MR) is 35.3 cm³/mol. The van der Waals surface area contributed by atoms with Gasteiger partial charge in [0.25, 0.3) is 0 Å². The van der Waals surface area contributed by atoms with Crippen molar-refractivity contribution >= 4 is 9.52 Å². The Morgan fingerprint density at radius 1 is 1.20 bits per heavy atom. The molecule has 0 aromatic rings. The summed E-state index contributed by atoms with van der Waals surface area (Å²) < 4.78 is 31.9. The van der Waals surface area contributed by atoms with E-state index in [0.717, 1.165) is 0 Å². The van der Waals surface area contributed by atoms with Crippen molar-refractivity contribution < 1.29 is 29.5 Å². The quantitative estimate of drug-likeness (QED) is 0.607. The molecule has 0 unspecified atom stereocenters. The van der Waals surface area contributed by atoms with Gasteiger partial charge < -0.3 is 0 Å². The van der Waals surface area contributed by atoms with E-state index < -0.39 is 13.6 Å². The maximum absolute atomic E-state index is 8.82. The van der Waals surface area contributed by atoms with E-state index in [2.05, 4.69) is 13.8 Å². The Kier molecular flexibility index (Phi) is 9.52. The SMILES string of the molecule is CC[SiH2]CC.[O]=[Cr](=[O])([OH])[OH]. The van der Waals surface area contributed by atoms with Crippen molar-refractivity contribution in [1.29, 1.82) is 0 Å². The molecule has 0 aromatic heterocycles. The van der Waals surface area contributed by atoms with Gasteiger partial charge in [-0.25, -0.2) is 0 Å². The van der Waals surface area contributed by atoms with Gasteiger partial charge in [-0.3, -0.25) is 0 Å². The number of hydrogen-bond donors (Lipinski definition) is 2. The standard InChI is InChI=1S/C4H12Si.Cr.2H2O.2O/c1-3-5-4-2;;;;;/h3-5H2,1-2H3;;2*1H2;;/q;+2;;;;/p-2. The molecule has 0 aliphatic heterocycles. The van der Waals surface area contributed by atoms with Crippen LogP contribution in [0.2, 0.25) is 12.1 Å². The van der Waals surface area contributed by atoms with Crippen LogP contribution >= 0.6 is 0 Å². The van der Waals surface area contributed by atoms with Gasteiger partial charge in [0.2, 0.25) is 0 Å². The van der Waals surface area contributed by atoms with Crippen molar-refractivity contribution in [3.63, 3.8) is 0 Å². The van der Waals surface area contributed by atoms with Gasteiger partial charge in [-0.2, -0.15) is 0 Å². The normalized spacial score (nSPS) is 10.0. The first kappa shape index (κ1) is 12.9. The third-order valence-electron chi connectivity index (χ3n) is 0.707. The molecule has 0 bridgehead atoms. The second kappa shape index (κ2) is 7.38. The molecule has 0 aromatic carbocycles. The molecule has 0 aliphatic carbocycles. The molecule has 4 nitrogen and oxygen atoms in total. The van der Waals surface area contributed by atoms with Crippen LogP contribution in [0.3, 0.4) is 0 Å². The zero-order chi connectivity index (χ0) is 8.62. The van der Waals surface area contributed by atoms with Gasteiger partial charge in [0.05, 0.1) is 0 Å². The third kappa shape index (κ3) is 84.9. The van der Waals surface area contributed by atoms with Gasteiger partial charge in [0, 0.05) is 9.52 Å². The van der Waals surface area contributed by atoms with Crippen LogP contribution in [0, 0.1) is 0 Å². The summed E-state index contributed by atoms with van der Waals surface area (Å²) in [7, 11) is 0.432. The first-order valence-electron chi connectivity index (χ1n) is 3.11. The molecule has 0 saturated heterocycles. The molecule has 6 heteroatoms. The Hall–Kier alpha value is 0.269. The summed E-state index contributed by atoms with van der Waals surface area (Å²) >= 11 is -5.25. The van der Waals surface area contributed by atoms with Gasteiger partial charge in [0.1, 0.15) is 0 Å². The molecule has 10 heavy (non-hydrogen) atoms. The first-order valence-corrected chi connectivity index (χ1v) is 7.29. The van der Waals surface area contributed by atoms with Crippen LogP contribution in [0.5, 0.6) is 0 Å². The van der Waals surface area contributed by atoms with Crippen LogP contribution in [0.1, 0.15) is 13.8 Å². The second-order valence-corrected chi connectivity index (χ2v) is 5.91. The monoisotopic (exact) mass is 206 g/mol. The van der Waals surface area contributed by atoms with E-state index in [1.165, 1.54) is 12.1 Å². The Balaban J connectivity index is 0. The molecule has 0 amide bonds. The van der Waals surface area contributed by atoms with Gasteiger partial charge in [-0.1, -0.05) is 25.9 Å². The van der Waals surface area contributed by atoms with E-state index in [1.54, 1.807) is 0 Å². The third-order valence-corrected chi connectivity index (χ3v) is 2.12. The Morgan fingerprint density at radius 2 is 1.40 bits per heavy atom. The molecule has 0 atom stereocenters. The van der Waals surface area contributed by atoms with E-state index in [-0.39, 0.29) is 0 Å². The molecule has 0 radical (unpaired) electrons. The predicted octanol–water partition coefficient (Wildman–Crippen LogP) is -0.323. The van der Waals surface area contributed by atoms with E-state index in [1.807, 2.05) is 0 Å². The van der Waals surface area contributed by atoms with Crippen LogP contribution in [0.15, 0.2) is 0 Å². The van der Waals surface area contributed by atoms with Crippen LogP contribution in [-0.2, 0) is 21.2 Å². The summed E-state index contributed by atoms with van der Waals surface area (Å²) in [5.41, 5.74) is 0. The van der Waals surface area contributed by atoms with Crippen LogP contribution < -0.4 is 0 Å². The summed E-state index contributed by atoms with van der Waals surface area (Å²) in [6.07, 6.45) is 0. The molecule has 0 spiro atoms. The fraction of sp³-hybridized carbons (Fsp3) is 1.00. The molecule has 0 saturated carbocycles. The molecular formula is C4H14CrO4Si. The molecule has 0 fully saturated rings. The van der Waals surface area contributed by atoms with Gasteiger partial charge >= 0.3 is 29.5 Å². The van der Waals surface area contributed by atoms with Crippen molar-refractivity contribution in [1.82, 2.24) is 0 Å². The van der Waals surface area contributed by atoms with Gasteiger partial charge in [0.15, 0.2) is 0 Å². The average molecular weight is 206 g/mol. The van der Waals surface area contributed by atoms with E-state index in [0.29, 0.717) is 9.52 Å². The summed E-state index contributed by atoms with van der Waals surface area (Å²) in [4.78, 5) is 0. The first-order chi connectivity index (χ1) is 4.41. The number of rotatable bonds is 2. The molecule has 0 rings (SSSR count). The van der Waals surface area contributed by atoms with E-state index >= 15 is 0 Å². The molecular weight excluding hydrogens is 192 g/mol.